The lowest BCUT2D eigenvalue weighted by molar-refractivity contribution is 0.109. The Morgan fingerprint density at radius 3 is 2.55 bits per heavy atom. The summed E-state index contributed by atoms with van der Waals surface area (Å²) in [7, 11) is -3.59. The molecular weight excluding hydrogens is 366 g/mol. The molecule has 0 heterocycles. The van der Waals surface area contributed by atoms with E-state index in [1.54, 1.807) is 12.1 Å². The lowest BCUT2D eigenvalue weighted by Gasteiger charge is -2.25. The summed E-state index contributed by atoms with van der Waals surface area (Å²) in [4.78, 5) is 0.0956. The molecule has 20 heavy (non-hydrogen) atoms. The van der Waals surface area contributed by atoms with Crippen molar-refractivity contribution in [1.82, 2.24) is 4.72 Å². The highest BCUT2D eigenvalue weighted by Gasteiger charge is 2.23. The largest absolute Gasteiger partial charge is 0.393 e. The Bertz CT molecular complexity index is 571. The third-order valence-electron chi connectivity index (χ3n) is 3.56. The van der Waals surface area contributed by atoms with E-state index in [1.807, 2.05) is 0 Å². The third-order valence-corrected chi connectivity index (χ3v) is 5.96. The van der Waals surface area contributed by atoms with Crippen molar-refractivity contribution in [3.05, 3.63) is 27.7 Å². The normalized spacial score (nSPS) is 23.8. The number of rotatable bonds is 4. The van der Waals surface area contributed by atoms with Crippen LogP contribution in [0.5, 0.6) is 0 Å². The molecule has 0 aliphatic heterocycles. The second-order valence-corrected chi connectivity index (χ2v) is 8.16. The van der Waals surface area contributed by atoms with Crippen molar-refractivity contribution in [1.29, 1.82) is 0 Å². The van der Waals surface area contributed by atoms with Crippen molar-refractivity contribution in [2.45, 2.75) is 36.7 Å². The Hall–Kier alpha value is -0.140. The fourth-order valence-corrected chi connectivity index (χ4v) is 4.50. The molecule has 0 atom stereocenters. The zero-order valence-electron chi connectivity index (χ0n) is 10.9. The summed E-state index contributed by atoms with van der Waals surface area (Å²) in [5.74, 6) is 0.280. The van der Waals surface area contributed by atoms with E-state index in [0.29, 0.717) is 6.54 Å². The van der Waals surface area contributed by atoms with Crippen molar-refractivity contribution in [2.24, 2.45) is 5.92 Å². The lowest BCUT2D eigenvalue weighted by Crippen LogP contribution is -2.32. The third kappa shape index (κ3) is 4.18. The fraction of sp³-hybridized carbons (Fsp3) is 0.538. The van der Waals surface area contributed by atoms with Gasteiger partial charge in [-0.15, -0.1) is 0 Å². The molecule has 1 saturated carbocycles. The molecule has 0 spiro atoms. The summed E-state index contributed by atoms with van der Waals surface area (Å²) in [5, 5.41) is 9.63. The van der Waals surface area contributed by atoms with Crippen molar-refractivity contribution in [3.8, 4) is 0 Å². The Morgan fingerprint density at radius 1 is 1.30 bits per heavy atom. The van der Waals surface area contributed by atoms with Gasteiger partial charge in [-0.25, -0.2) is 13.1 Å². The van der Waals surface area contributed by atoms with Gasteiger partial charge in [0.1, 0.15) is 4.90 Å². The number of nitrogens with one attached hydrogen (secondary N) is 1. The Balaban J connectivity index is 2.00. The van der Waals surface area contributed by atoms with Gasteiger partial charge < -0.3 is 5.11 Å². The first-order valence-electron chi connectivity index (χ1n) is 6.51. The summed E-state index contributed by atoms with van der Waals surface area (Å²) >= 11 is 9.22. The lowest BCUT2D eigenvalue weighted by atomic mass is 9.88. The van der Waals surface area contributed by atoms with E-state index in [1.165, 1.54) is 6.07 Å². The number of benzene rings is 1. The number of hydrogen-bond acceptors (Lipinski definition) is 3. The number of aliphatic hydroxyl groups is 1. The summed E-state index contributed by atoms with van der Waals surface area (Å²) in [6.45, 7) is 0.390. The quantitative estimate of drug-likeness (QED) is 0.841. The predicted molar refractivity (Wildman–Crippen MR) is 82.3 cm³/mol. The minimum Gasteiger partial charge on any atom is -0.393 e. The monoisotopic (exact) mass is 381 g/mol. The summed E-state index contributed by atoms with van der Waals surface area (Å²) in [6.07, 6.45) is 2.94. The van der Waals surface area contributed by atoms with Crippen LogP contribution in [0.3, 0.4) is 0 Å². The summed E-state index contributed by atoms with van der Waals surface area (Å²) < 4.78 is 27.8. The summed E-state index contributed by atoms with van der Waals surface area (Å²) in [5.41, 5.74) is 0. The predicted octanol–water partition coefficient (Wildman–Crippen LogP) is 2.93. The highest BCUT2D eigenvalue weighted by atomic mass is 79.9. The first-order chi connectivity index (χ1) is 9.38. The van der Waals surface area contributed by atoms with Crippen molar-refractivity contribution >= 4 is 37.6 Å². The molecule has 2 N–H and O–H groups in total. The van der Waals surface area contributed by atoms with Gasteiger partial charge in [-0.1, -0.05) is 27.5 Å². The van der Waals surface area contributed by atoms with Crippen molar-refractivity contribution in [2.75, 3.05) is 6.54 Å². The Labute approximate surface area is 132 Å². The van der Waals surface area contributed by atoms with Crippen LogP contribution in [0.25, 0.3) is 0 Å². The zero-order valence-corrected chi connectivity index (χ0v) is 14.0. The van der Waals surface area contributed by atoms with Gasteiger partial charge in [-0.3, -0.25) is 0 Å². The van der Waals surface area contributed by atoms with Gasteiger partial charge in [-0.05, 0) is 49.8 Å². The van der Waals surface area contributed by atoms with Crippen LogP contribution in [-0.4, -0.2) is 26.2 Å². The molecule has 1 fully saturated rings. The minimum atomic E-state index is -3.59. The van der Waals surface area contributed by atoms with Crippen LogP contribution in [0.1, 0.15) is 25.7 Å². The molecule has 112 valence electrons. The molecule has 1 aromatic carbocycles. The van der Waals surface area contributed by atoms with E-state index in [0.717, 1.165) is 30.2 Å². The van der Waals surface area contributed by atoms with E-state index in [2.05, 4.69) is 20.7 Å². The standard InChI is InChI=1S/C13H17BrClNO3S/c14-10-3-6-13(12(15)7-10)20(18,19)16-8-9-1-4-11(17)5-2-9/h3,6-7,9,11,16-17H,1-2,4-5,8H2. The van der Waals surface area contributed by atoms with Gasteiger partial charge in [0, 0.05) is 11.0 Å². The SMILES string of the molecule is O=S(=O)(NCC1CCC(O)CC1)c1ccc(Br)cc1Cl. The first kappa shape index (κ1) is 16.2. The molecule has 0 unspecified atom stereocenters. The average Bonchev–Trinajstić information content (AvgIpc) is 2.37. The van der Waals surface area contributed by atoms with Crippen molar-refractivity contribution < 1.29 is 13.5 Å². The second kappa shape index (κ2) is 6.75. The highest BCUT2D eigenvalue weighted by molar-refractivity contribution is 9.10. The molecule has 7 heteroatoms. The van der Waals surface area contributed by atoms with E-state index in [-0.39, 0.29) is 21.9 Å². The molecule has 0 bridgehead atoms. The first-order valence-corrected chi connectivity index (χ1v) is 9.16. The molecular formula is C13H17BrClNO3S. The van der Waals surface area contributed by atoms with Crippen LogP contribution in [0, 0.1) is 5.92 Å². The number of aliphatic hydroxyl groups excluding tert-OH is 1. The van der Waals surface area contributed by atoms with Crippen molar-refractivity contribution in [3.63, 3.8) is 0 Å². The van der Waals surface area contributed by atoms with Crippen LogP contribution in [0.2, 0.25) is 5.02 Å². The molecule has 1 aromatic rings. The van der Waals surface area contributed by atoms with Gasteiger partial charge in [0.25, 0.3) is 0 Å². The molecule has 4 nitrogen and oxygen atoms in total. The second-order valence-electron chi connectivity index (χ2n) is 5.10. The zero-order chi connectivity index (χ0) is 14.8. The van der Waals surface area contributed by atoms with Crippen LogP contribution in [0.15, 0.2) is 27.6 Å². The van der Waals surface area contributed by atoms with E-state index in [9.17, 15) is 13.5 Å². The Kier molecular flexibility index (Phi) is 5.48. The number of hydrogen-bond donors (Lipinski definition) is 2. The Morgan fingerprint density at radius 2 is 1.95 bits per heavy atom. The van der Waals surface area contributed by atoms with Crippen LogP contribution >= 0.6 is 27.5 Å². The maximum absolute atomic E-state index is 12.2. The topological polar surface area (TPSA) is 66.4 Å². The maximum Gasteiger partial charge on any atom is 0.242 e. The van der Waals surface area contributed by atoms with E-state index >= 15 is 0 Å². The van der Waals surface area contributed by atoms with Gasteiger partial charge in [0.05, 0.1) is 11.1 Å². The van der Waals surface area contributed by atoms with Gasteiger partial charge in [-0.2, -0.15) is 0 Å². The fourth-order valence-electron chi connectivity index (χ4n) is 2.35. The minimum absolute atomic E-state index is 0.0956. The van der Waals surface area contributed by atoms with Gasteiger partial charge >= 0.3 is 0 Å². The van der Waals surface area contributed by atoms with E-state index in [4.69, 9.17) is 11.6 Å². The maximum atomic E-state index is 12.2. The van der Waals surface area contributed by atoms with Crippen LogP contribution in [-0.2, 0) is 10.0 Å². The van der Waals surface area contributed by atoms with Crippen LogP contribution in [0.4, 0.5) is 0 Å². The average molecular weight is 383 g/mol. The summed E-state index contributed by atoms with van der Waals surface area (Å²) in [6, 6.07) is 4.70. The van der Waals surface area contributed by atoms with Gasteiger partial charge in [0.2, 0.25) is 10.0 Å². The molecule has 0 aromatic heterocycles. The van der Waals surface area contributed by atoms with Gasteiger partial charge in [0.15, 0.2) is 0 Å². The highest BCUT2D eigenvalue weighted by Crippen LogP contribution is 2.27. The van der Waals surface area contributed by atoms with E-state index < -0.39 is 10.0 Å². The molecule has 2 rings (SSSR count). The smallest absolute Gasteiger partial charge is 0.242 e. The van der Waals surface area contributed by atoms with Crippen LogP contribution < -0.4 is 4.72 Å². The molecule has 0 saturated heterocycles. The molecule has 1 aliphatic carbocycles. The molecule has 0 amide bonds. The number of sulfonamides is 1. The molecule has 0 radical (unpaired) electrons. The molecule has 1 aliphatic rings. The number of halogens is 2.